The molecule has 4 rings (SSSR count). The van der Waals surface area contributed by atoms with Crippen molar-refractivity contribution in [3.63, 3.8) is 0 Å². The maximum Gasteiger partial charge on any atom is 0.0784 e. The second kappa shape index (κ2) is 5.43. The summed E-state index contributed by atoms with van der Waals surface area (Å²) in [7, 11) is -2.82. The molecule has 0 spiro atoms. The summed E-state index contributed by atoms with van der Waals surface area (Å²) < 4.78 is 0. The first-order valence-electron chi connectivity index (χ1n) is 9.73. The third-order valence-electron chi connectivity index (χ3n) is 5.93. The van der Waals surface area contributed by atoms with Crippen molar-refractivity contribution in [1.82, 2.24) is 0 Å². The molecule has 134 valence electrons. The van der Waals surface area contributed by atoms with Gasteiger partial charge in [0, 0.05) is 0 Å². The van der Waals surface area contributed by atoms with Crippen molar-refractivity contribution in [3.05, 3.63) is 47.5 Å². The molecule has 2 heteroatoms. The number of rotatable bonds is 2. The monoisotopic (exact) mass is 374 g/mol. The molecule has 0 radical (unpaired) electrons. The molecule has 4 aromatic carbocycles. The maximum atomic E-state index is 2.47. The molecule has 0 aliphatic heterocycles. The van der Waals surface area contributed by atoms with E-state index < -0.39 is 16.1 Å². The van der Waals surface area contributed by atoms with Crippen LogP contribution in [0, 0.1) is 13.8 Å². The van der Waals surface area contributed by atoms with Gasteiger partial charge in [-0.15, -0.1) is 0 Å². The molecular formula is C24H30Si2. The zero-order chi connectivity index (χ0) is 19.0. The fraction of sp³-hybridized carbons (Fsp3) is 0.333. The van der Waals surface area contributed by atoms with E-state index in [-0.39, 0.29) is 0 Å². The molecule has 0 saturated heterocycles. The van der Waals surface area contributed by atoms with Crippen LogP contribution in [0.1, 0.15) is 11.1 Å². The molecular weight excluding hydrogens is 344 g/mol. The lowest BCUT2D eigenvalue weighted by Gasteiger charge is -2.26. The van der Waals surface area contributed by atoms with Gasteiger partial charge < -0.3 is 0 Å². The molecule has 0 aromatic heterocycles. The Morgan fingerprint density at radius 2 is 0.808 bits per heavy atom. The highest BCUT2D eigenvalue weighted by Crippen LogP contribution is 2.37. The van der Waals surface area contributed by atoms with Crippen LogP contribution in [-0.2, 0) is 0 Å². The molecule has 0 bridgehead atoms. The number of aryl methyl sites for hydroxylation is 2. The van der Waals surface area contributed by atoms with E-state index in [1.54, 1.807) is 10.4 Å². The SMILES string of the molecule is Cc1cc([Si](C)(C)C)c2ccc3c(C)cc([Si](C)(C)C)c4ccc1c2c34. The summed E-state index contributed by atoms with van der Waals surface area (Å²) in [5, 5.41) is 12.1. The minimum Gasteiger partial charge on any atom is -0.0656 e. The van der Waals surface area contributed by atoms with Crippen molar-refractivity contribution in [3.8, 4) is 0 Å². The summed E-state index contributed by atoms with van der Waals surface area (Å²) in [5.74, 6) is 0. The molecule has 0 saturated carbocycles. The van der Waals surface area contributed by atoms with E-state index in [0.717, 1.165) is 0 Å². The van der Waals surface area contributed by atoms with Gasteiger partial charge in [-0.2, -0.15) is 0 Å². The molecule has 0 N–H and O–H groups in total. The standard InChI is InChI=1S/C24H30Si2/c1-15-13-21(25(3,4)5)19-12-10-18-16(2)14-22(26(6,7)8)20-11-9-17(15)23(19)24(18)20/h9-14H,1-8H3. The van der Waals surface area contributed by atoms with Crippen LogP contribution in [-0.4, -0.2) is 16.1 Å². The van der Waals surface area contributed by atoms with Gasteiger partial charge in [0.15, 0.2) is 0 Å². The quantitative estimate of drug-likeness (QED) is 0.286. The fourth-order valence-electron chi connectivity index (χ4n) is 4.59. The van der Waals surface area contributed by atoms with Crippen LogP contribution in [0.15, 0.2) is 36.4 Å². The summed E-state index contributed by atoms with van der Waals surface area (Å²) in [5.41, 5.74) is 2.86. The Morgan fingerprint density at radius 1 is 0.500 bits per heavy atom. The summed E-state index contributed by atoms with van der Waals surface area (Å²) in [4.78, 5) is 0. The van der Waals surface area contributed by atoms with E-state index in [9.17, 15) is 0 Å². The van der Waals surface area contributed by atoms with Crippen molar-refractivity contribution in [2.45, 2.75) is 53.1 Å². The number of benzene rings is 4. The molecule has 0 aliphatic rings. The smallest absolute Gasteiger partial charge is 0.0656 e. The predicted octanol–water partition coefficient (Wildman–Crippen LogP) is 6.29. The maximum absolute atomic E-state index is 2.47. The normalized spacial score (nSPS) is 13.4. The van der Waals surface area contributed by atoms with Gasteiger partial charge in [-0.25, -0.2) is 0 Å². The third-order valence-corrected chi connectivity index (χ3v) is 9.99. The van der Waals surface area contributed by atoms with Gasteiger partial charge in [0.1, 0.15) is 0 Å². The van der Waals surface area contributed by atoms with Crippen LogP contribution in [0.25, 0.3) is 32.3 Å². The first-order chi connectivity index (χ1) is 12.0. The first kappa shape index (κ1) is 17.8. The van der Waals surface area contributed by atoms with Gasteiger partial charge in [-0.3, -0.25) is 0 Å². The molecule has 0 aliphatic carbocycles. The van der Waals surface area contributed by atoms with Gasteiger partial charge in [-0.05, 0) is 57.3 Å². The summed E-state index contributed by atoms with van der Waals surface area (Å²) in [6.07, 6.45) is 0. The van der Waals surface area contributed by atoms with Crippen LogP contribution in [0.5, 0.6) is 0 Å². The lowest BCUT2D eigenvalue weighted by Crippen LogP contribution is -2.39. The fourth-order valence-corrected chi connectivity index (χ4v) is 7.92. The Labute approximate surface area is 159 Å². The topological polar surface area (TPSA) is 0 Å². The van der Waals surface area contributed by atoms with Crippen LogP contribution >= 0.6 is 0 Å². The summed E-state index contributed by atoms with van der Waals surface area (Å²) in [6, 6.07) is 14.5. The van der Waals surface area contributed by atoms with Gasteiger partial charge in [0.2, 0.25) is 0 Å². The average molecular weight is 375 g/mol. The van der Waals surface area contributed by atoms with Crippen molar-refractivity contribution >= 4 is 58.8 Å². The molecule has 0 amide bonds. The van der Waals surface area contributed by atoms with Crippen LogP contribution in [0.4, 0.5) is 0 Å². The van der Waals surface area contributed by atoms with Gasteiger partial charge >= 0.3 is 0 Å². The molecule has 0 fully saturated rings. The van der Waals surface area contributed by atoms with E-state index in [4.69, 9.17) is 0 Å². The molecule has 0 nitrogen and oxygen atoms in total. The lowest BCUT2D eigenvalue weighted by molar-refractivity contribution is 1.53. The third kappa shape index (κ3) is 2.46. The van der Waals surface area contributed by atoms with E-state index in [2.05, 4.69) is 89.5 Å². The summed E-state index contributed by atoms with van der Waals surface area (Å²) >= 11 is 0. The Hall–Kier alpha value is -1.65. The zero-order valence-corrected chi connectivity index (χ0v) is 19.5. The summed E-state index contributed by atoms with van der Waals surface area (Å²) in [6.45, 7) is 19.4. The molecule has 0 unspecified atom stereocenters. The largest absolute Gasteiger partial charge is 0.0784 e. The van der Waals surface area contributed by atoms with Crippen molar-refractivity contribution in [2.75, 3.05) is 0 Å². The Kier molecular flexibility index (Phi) is 3.71. The Morgan fingerprint density at radius 3 is 1.12 bits per heavy atom. The van der Waals surface area contributed by atoms with E-state index in [1.807, 2.05) is 0 Å². The Bertz CT molecular complexity index is 1060. The minimum absolute atomic E-state index is 1.41. The minimum atomic E-state index is -1.41. The van der Waals surface area contributed by atoms with Gasteiger partial charge in [0.05, 0.1) is 16.1 Å². The lowest BCUT2D eigenvalue weighted by atomic mass is 9.90. The second-order valence-electron chi connectivity index (χ2n) is 10.1. The predicted molar refractivity (Wildman–Crippen MR) is 126 cm³/mol. The highest BCUT2D eigenvalue weighted by Gasteiger charge is 2.25. The first-order valence-corrected chi connectivity index (χ1v) is 16.7. The molecule has 0 atom stereocenters. The number of hydrogen-bond donors (Lipinski definition) is 0. The van der Waals surface area contributed by atoms with Gasteiger partial charge in [0.25, 0.3) is 0 Å². The second-order valence-corrected chi connectivity index (χ2v) is 20.1. The molecule has 0 heterocycles. The average Bonchev–Trinajstić information content (AvgIpc) is 2.53. The van der Waals surface area contributed by atoms with Crippen molar-refractivity contribution < 1.29 is 0 Å². The molecule has 26 heavy (non-hydrogen) atoms. The van der Waals surface area contributed by atoms with E-state index in [0.29, 0.717) is 0 Å². The van der Waals surface area contributed by atoms with E-state index >= 15 is 0 Å². The van der Waals surface area contributed by atoms with Crippen LogP contribution in [0.3, 0.4) is 0 Å². The van der Waals surface area contributed by atoms with Crippen LogP contribution in [0.2, 0.25) is 39.3 Å². The number of hydrogen-bond acceptors (Lipinski definition) is 0. The highest BCUT2D eigenvalue weighted by molar-refractivity contribution is 6.91. The van der Waals surface area contributed by atoms with Crippen LogP contribution < -0.4 is 10.4 Å². The highest BCUT2D eigenvalue weighted by atomic mass is 28.3. The van der Waals surface area contributed by atoms with Gasteiger partial charge in [-0.1, -0.05) is 86.1 Å². The molecule has 4 aromatic rings. The van der Waals surface area contributed by atoms with E-state index in [1.165, 1.54) is 43.4 Å². The Balaban J connectivity index is 2.34. The van der Waals surface area contributed by atoms with Crippen molar-refractivity contribution in [1.29, 1.82) is 0 Å². The zero-order valence-electron chi connectivity index (χ0n) is 17.5. The van der Waals surface area contributed by atoms with Crippen molar-refractivity contribution in [2.24, 2.45) is 0 Å².